The molecule has 0 atom stereocenters. The SMILES string of the molecule is CCCNc1ncnc(Nc2cc(F)ccc2Cl)c1Br. The monoisotopic (exact) mass is 358 g/mol. The first-order chi connectivity index (χ1) is 9.61. The van der Waals surface area contributed by atoms with Gasteiger partial charge in [-0.25, -0.2) is 14.4 Å². The van der Waals surface area contributed by atoms with Crippen molar-refractivity contribution in [3.05, 3.63) is 39.8 Å². The van der Waals surface area contributed by atoms with Crippen molar-refractivity contribution in [2.24, 2.45) is 0 Å². The van der Waals surface area contributed by atoms with Crippen LogP contribution in [0.5, 0.6) is 0 Å². The first kappa shape index (κ1) is 15.0. The number of rotatable bonds is 5. The lowest BCUT2D eigenvalue weighted by Gasteiger charge is -2.12. The highest BCUT2D eigenvalue weighted by Crippen LogP contribution is 2.31. The smallest absolute Gasteiger partial charge is 0.150 e. The van der Waals surface area contributed by atoms with Crippen LogP contribution < -0.4 is 10.6 Å². The molecule has 0 bridgehead atoms. The van der Waals surface area contributed by atoms with E-state index in [-0.39, 0.29) is 5.82 Å². The zero-order valence-electron chi connectivity index (χ0n) is 10.8. The fourth-order valence-corrected chi connectivity index (χ4v) is 2.15. The molecule has 4 nitrogen and oxygen atoms in total. The molecular weight excluding hydrogens is 347 g/mol. The zero-order chi connectivity index (χ0) is 14.5. The second-order valence-corrected chi connectivity index (χ2v) is 5.26. The molecule has 20 heavy (non-hydrogen) atoms. The lowest BCUT2D eigenvalue weighted by Crippen LogP contribution is -2.05. The summed E-state index contributed by atoms with van der Waals surface area (Å²) in [6, 6.07) is 4.11. The normalized spacial score (nSPS) is 10.4. The molecule has 106 valence electrons. The number of aromatic nitrogens is 2. The number of hydrogen-bond acceptors (Lipinski definition) is 4. The highest BCUT2D eigenvalue weighted by Gasteiger charge is 2.10. The summed E-state index contributed by atoms with van der Waals surface area (Å²) >= 11 is 9.44. The Morgan fingerprint density at radius 1 is 1.30 bits per heavy atom. The average molecular weight is 360 g/mol. The summed E-state index contributed by atoms with van der Waals surface area (Å²) in [6.07, 6.45) is 2.41. The van der Waals surface area contributed by atoms with E-state index in [1.807, 2.05) is 0 Å². The Bertz CT molecular complexity index is 609. The van der Waals surface area contributed by atoms with E-state index in [0.29, 0.717) is 26.8 Å². The average Bonchev–Trinajstić information content (AvgIpc) is 2.44. The summed E-state index contributed by atoms with van der Waals surface area (Å²) in [6.45, 7) is 2.86. The summed E-state index contributed by atoms with van der Waals surface area (Å²) in [5.74, 6) is 0.828. The summed E-state index contributed by atoms with van der Waals surface area (Å²) < 4.78 is 13.9. The number of benzene rings is 1. The Morgan fingerprint density at radius 3 is 2.80 bits per heavy atom. The van der Waals surface area contributed by atoms with Gasteiger partial charge in [0.2, 0.25) is 0 Å². The van der Waals surface area contributed by atoms with Crippen molar-refractivity contribution in [3.63, 3.8) is 0 Å². The summed E-state index contributed by atoms with van der Waals surface area (Å²) in [4.78, 5) is 8.26. The van der Waals surface area contributed by atoms with Gasteiger partial charge in [0.05, 0.1) is 10.7 Å². The van der Waals surface area contributed by atoms with Crippen molar-refractivity contribution < 1.29 is 4.39 Å². The van der Waals surface area contributed by atoms with E-state index < -0.39 is 0 Å². The number of hydrogen-bond donors (Lipinski definition) is 2. The van der Waals surface area contributed by atoms with Crippen LogP contribution in [0.4, 0.5) is 21.7 Å². The molecule has 0 aliphatic rings. The topological polar surface area (TPSA) is 49.8 Å². The summed E-state index contributed by atoms with van der Waals surface area (Å²) in [7, 11) is 0. The fraction of sp³-hybridized carbons (Fsp3) is 0.231. The molecule has 2 N–H and O–H groups in total. The molecule has 0 amide bonds. The number of anilines is 3. The van der Waals surface area contributed by atoms with E-state index in [0.717, 1.165) is 13.0 Å². The van der Waals surface area contributed by atoms with Crippen molar-refractivity contribution in [1.29, 1.82) is 0 Å². The molecule has 0 saturated carbocycles. The first-order valence-corrected chi connectivity index (χ1v) is 7.25. The van der Waals surface area contributed by atoms with Gasteiger partial charge >= 0.3 is 0 Å². The predicted octanol–water partition coefficient (Wildman–Crippen LogP) is 4.60. The molecule has 1 heterocycles. The molecule has 0 unspecified atom stereocenters. The zero-order valence-corrected chi connectivity index (χ0v) is 13.1. The Hall–Kier alpha value is -1.40. The largest absolute Gasteiger partial charge is 0.369 e. The van der Waals surface area contributed by atoms with Crippen LogP contribution in [0.1, 0.15) is 13.3 Å². The van der Waals surface area contributed by atoms with Crippen LogP contribution in [0, 0.1) is 5.82 Å². The molecule has 0 saturated heterocycles. The summed E-state index contributed by atoms with van der Waals surface area (Å²) in [5, 5.41) is 6.57. The highest BCUT2D eigenvalue weighted by atomic mass is 79.9. The maximum absolute atomic E-state index is 13.2. The van der Waals surface area contributed by atoms with Gasteiger partial charge in [0, 0.05) is 6.54 Å². The van der Waals surface area contributed by atoms with Crippen LogP contribution in [0.15, 0.2) is 29.0 Å². The summed E-state index contributed by atoms with van der Waals surface area (Å²) in [5.41, 5.74) is 0.451. The van der Waals surface area contributed by atoms with Crippen LogP contribution >= 0.6 is 27.5 Å². The number of nitrogens with one attached hydrogen (secondary N) is 2. The molecule has 2 rings (SSSR count). The minimum Gasteiger partial charge on any atom is -0.369 e. The fourth-order valence-electron chi connectivity index (χ4n) is 1.54. The van der Waals surface area contributed by atoms with Gasteiger partial charge in [-0.2, -0.15) is 0 Å². The Morgan fingerprint density at radius 2 is 2.05 bits per heavy atom. The quantitative estimate of drug-likeness (QED) is 0.819. The third-order valence-electron chi connectivity index (χ3n) is 2.51. The van der Waals surface area contributed by atoms with Gasteiger partial charge in [-0.15, -0.1) is 0 Å². The minimum atomic E-state index is -0.369. The van der Waals surface area contributed by atoms with Crippen LogP contribution in [0.3, 0.4) is 0 Å². The van der Waals surface area contributed by atoms with Crippen molar-refractivity contribution in [1.82, 2.24) is 9.97 Å². The number of nitrogens with zero attached hydrogens (tertiary/aromatic N) is 2. The third-order valence-corrected chi connectivity index (χ3v) is 3.59. The molecular formula is C13H13BrClFN4. The number of halogens is 3. The second kappa shape index (κ2) is 6.85. The molecule has 1 aromatic heterocycles. The lowest BCUT2D eigenvalue weighted by atomic mass is 10.3. The molecule has 0 radical (unpaired) electrons. The van der Waals surface area contributed by atoms with Gasteiger partial charge in [0.1, 0.15) is 28.3 Å². The Labute approximate surface area is 129 Å². The first-order valence-electron chi connectivity index (χ1n) is 6.08. The molecule has 0 fully saturated rings. The van der Waals surface area contributed by atoms with Gasteiger partial charge in [0.25, 0.3) is 0 Å². The maximum atomic E-state index is 13.2. The van der Waals surface area contributed by atoms with Crippen LogP contribution in [0.25, 0.3) is 0 Å². The van der Waals surface area contributed by atoms with E-state index in [4.69, 9.17) is 11.6 Å². The van der Waals surface area contributed by atoms with Gasteiger partial charge < -0.3 is 10.6 Å². The third kappa shape index (κ3) is 3.58. The van der Waals surface area contributed by atoms with E-state index >= 15 is 0 Å². The van der Waals surface area contributed by atoms with Crippen LogP contribution in [-0.2, 0) is 0 Å². The molecule has 0 aliphatic carbocycles. The van der Waals surface area contributed by atoms with Crippen molar-refractivity contribution in [2.45, 2.75) is 13.3 Å². The predicted molar refractivity (Wildman–Crippen MR) is 83.2 cm³/mol. The molecule has 0 aliphatic heterocycles. The van der Waals surface area contributed by atoms with E-state index in [9.17, 15) is 4.39 Å². The van der Waals surface area contributed by atoms with E-state index in [2.05, 4.69) is 43.5 Å². The van der Waals surface area contributed by atoms with Crippen LogP contribution in [-0.4, -0.2) is 16.5 Å². The van der Waals surface area contributed by atoms with Crippen molar-refractivity contribution >= 4 is 44.9 Å². The van der Waals surface area contributed by atoms with Crippen LogP contribution in [0.2, 0.25) is 5.02 Å². The molecule has 7 heteroatoms. The minimum absolute atomic E-state index is 0.369. The Kier molecular flexibility index (Phi) is 5.14. The highest BCUT2D eigenvalue weighted by molar-refractivity contribution is 9.10. The van der Waals surface area contributed by atoms with E-state index in [1.54, 1.807) is 0 Å². The lowest BCUT2D eigenvalue weighted by molar-refractivity contribution is 0.628. The van der Waals surface area contributed by atoms with Gasteiger partial charge in [-0.05, 0) is 40.5 Å². The van der Waals surface area contributed by atoms with Crippen molar-refractivity contribution in [2.75, 3.05) is 17.2 Å². The van der Waals surface area contributed by atoms with Crippen molar-refractivity contribution in [3.8, 4) is 0 Å². The second-order valence-electron chi connectivity index (χ2n) is 4.06. The van der Waals surface area contributed by atoms with Gasteiger partial charge in [-0.3, -0.25) is 0 Å². The van der Waals surface area contributed by atoms with Gasteiger partial charge in [0.15, 0.2) is 0 Å². The van der Waals surface area contributed by atoms with E-state index in [1.165, 1.54) is 24.5 Å². The molecule has 0 spiro atoms. The molecule has 1 aromatic carbocycles. The maximum Gasteiger partial charge on any atom is 0.150 e. The molecule has 2 aromatic rings. The Balaban J connectivity index is 2.27. The standard InChI is InChI=1S/C13H13BrClFN4/c1-2-5-17-12-11(14)13(19-7-18-12)20-10-6-8(16)3-4-9(10)15/h3-4,6-7H,2,5H2,1H3,(H2,17,18,19,20). The van der Waals surface area contributed by atoms with Gasteiger partial charge in [-0.1, -0.05) is 18.5 Å².